The van der Waals surface area contributed by atoms with E-state index in [1.165, 1.54) is 11.0 Å². The number of esters is 1. The molecule has 0 radical (unpaired) electrons. The van der Waals surface area contributed by atoms with Crippen LogP contribution in [0.15, 0.2) is 36.4 Å². The Morgan fingerprint density at radius 3 is 2.46 bits per heavy atom. The van der Waals surface area contributed by atoms with Gasteiger partial charge in [0.15, 0.2) is 0 Å². The molecule has 134 valence electrons. The van der Waals surface area contributed by atoms with Crippen LogP contribution in [-0.2, 0) is 27.3 Å². The van der Waals surface area contributed by atoms with Crippen LogP contribution in [0, 0.1) is 5.82 Å². The molecular formula is C19H16FNO5. The fourth-order valence-electron chi connectivity index (χ4n) is 2.85. The number of ether oxygens (including phenoxy) is 2. The van der Waals surface area contributed by atoms with E-state index >= 15 is 0 Å². The topological polar surface area (TPSA) is 72.9 Å². The Balaban J connectivity index is 2.00. The summed E-state index contributed by atoms with van der Waals surface area (Å²) < 4.78 is 23.9. The SMILES string of the molecule is COC(=O)c1cc2c(cc1F)N(Cc1ccc(OC)cc1)C(=O)C(=O)C2. The smallest absolute Gasteiger partial charge is 0.340 e. The predicted octanol–water partition coefficient (Wildman–Crippen LogP) is 2.28. The average Bonchev–Trinajstić information content (AvgIpc) is 2.65. The van der Waals surface area contributed by atoms with Gasteiger partial charge in [0.05, 0.1) is 32.0 Å². The van der Waals surface area contributed by atoms with Crippen molar-refractivity contribution in [3.8, 4) is 5.75 Å². The van der Waals surface area contributed by atoms with Gasteiger partial charge in [0.25, 0.3) is 5.91 Å². The molecule has 0 spiro atoms. The van der Waals surface area contributed by atoms with E-state index in [0.29, 0.717) is 11.3 Å². The number of benzene rings is 2. The van der Waals surface area contributed by atoms with Crippen molar-refractivity contribution in [2.45, 2.75) is 13.0 Å². The van der Waals surface area contributed by atoms with E-state index in [0.717, 1.165) is 18.7 Å². The van der Waals surface area contributed by atoms with Gasteiger partial charge in [-0.2, -0.15) is 0 Å². The van der Waals surface area contributed by atoms with Crippen molar-refractivity contribution >= 4 is 23.3 Å². The zero-order valence-electron chi connectivity index (χ0n) is 14.2. The maximum Gasteiger partial charge on any atom is 0.340 e. The predicted molar refractivity (Wildman–Crippen MR) is 90.6 cm³/mol. The monoisotopic (exact) mass is 357 g/mol. The summed E-state index contributed by atoms with van der Waals surface area (Å²) in [6.45, 7) is 0.0958. The number of Topliss-reactive ketones (excluding diaryl/α,β-unsaturated/α-hetero) is 1. The molecule has 0 fully saturated rings. The maximum atomic E-state index is 14.3. The van der Waals surface area contributed by atoms with Crippen molar-refractivity contribution < 1.29 is 28.2 Å². The molecule has 0 saturated carbocycles. The third kappa shape index (κ3) is 3.15. The van der Waals surface area contributed by atoms with E-state index in [4.69, 9.17) is 4.74 Å². The zero-order chi connectivity index (χ0) is 18.8. The van der Waals surface area contributed by atoms with Gasteiger partial charge in [0.1, 0.15) is 11.6 Å². The van der Waals surface area contributed by atoms with Gasteiger partial charge in [-0.25, -0.2) is 9.18 Å². The molecule has 2 aromatic rings. The first kappa shape index (κ1) is 17.6. The summed E-state index contributed by atoms with van der Waals surface area (Å²) >= 11 is 0. The summed E-state index contributed by atoms with van der Waals surface area (Å²) in [6.07, 6.45) is -0.183. The fraction of sp³-hybridized carbons (Fsp3) is 0.211. The Kier molecular flexibility index (Phi) is 4.71. The van der Waals surface area contributed by atoms with E-state index in [9.17, 15) is 18.8 Å². The zero-order valence-corrected chi connectivity index (χ0v) is 14.2. The lowest BCUT2D eigenvalue weighted by Crippen LogP contribution is -2.41. The van der Waals surface area contributed by atoms with Crippen LogP contribution in [0.5, 0.6) is 5.75 Å². The van der Waals surface area contributed by atoms with E-state index in [2.05, 4.69) is 4.74 Å². The Morgan fingerprint density at radius 2 is 1.85 bits per heavy atom. The number of carbonyl (C=O) groups is 3. The van der Waals surface area contributed by atoms with Gasteiger partial charge in [-0.3, -0.25) is 9.59 Å². The van der Waals surface area contributed by atoms with Gasteiger partial charge >= 0.3 is 5.97 Å². The summed E-state index contributed by atoms with van der Waals surface area (Å²) in [6, 6.07) is 9.33. The van der Waals surface area contributed by atoms with E-state index in [1.54, 1.807) is 31.4 Å². The molecule has 0 saturated heterocycles. The molecule has 1 amide bonds. The molecule has 2 aromatic carbocycles. The summed E-state index contributed by atoms with van der Waals surface area (Å²) in [5.41, 5.74) is 1.16. The lowest BCUT2D eigenvalue weighted by atomic mass is 9.97. The first-order chi connectivity index (χ1) is 12.4. The van der Waals surface area contributed by atoms with Crippen molar-refractivity contribution in [2.24, 2.45) is 0 Å². The molecule has 1 aliphatic rings. The molecule has 0 bridgehead atoms. The summed E-state index contributed by atoms with van der Waals surface area (Å²) in [4.78, 5) is 37.3. The Morgan fingerprint density at radius 1 is 1.15 bits per heavy atom. The lowest BCUT2D eigenvalue weighted by molar-refractivity contribution is -0.136. The number of nitrogens with zero attached hydrogens (tertiary/aromatic N) is 1. The van der Waals surface area contributed by atoms with Crippen LogP contribution in [0.1, 0.15) is 21.5 Å². The standard InChI is InChI=1S/C19H16FNO5/c1-25-13-5-3-11(4-6-13)10-21-16-9-15(20)14(19(24)26-2)7-12(16)8-17(22)18(21)23/h3-7,9H,8,10H2,1-2H3. The number of hydrogen-bond acceptors (Lipinski definition) is 5. The van der Waals surface area contributed by atoms with Crippen molar-refractivity contribution in [3.05, 3.63) is 58.9 Å². The van der Waals surface area contributed by atoms with E-state index < -0.39 is 23.5 Å². The van der Waals surface area contributed by atoms with Crippen LogP contribution in [0.2, 0.25) is 0 Å². The quantitative estimate of drug-likeness (QED) is 0.620. The van der Waals surface area contributed by atoms with E-state index in [1.807, 2.05) is 0 Å². The molecule has 6 nitrogen and oxygen atoms in total. The van der Waals surface area contributed by atoms with E-state index in [-0.39, 0.29) is 24.2 Å². The summed E-state index contributed by atoms with van der Waals surface area (Å²) in [7, 11) is 2.69. The second kappa shape index (κ2) is 6.95. The third-order valence-electron chi connectivity index (χ3n) is 4.20. The average molecular weight is 357 g/mol. The minimum absolute atomic E-state index is 0.0958. The lowest BCUT2D eigenvalue weighted by Gasteiger charge is -2.29. The molecule has 0 N–H and O–H groups in total. The van der Waals surface area contributed by atoms with Gasteiger partial charge in [0, 0.05) is 6.42 Å². The molecule has 7 heteroatoms. The van der Waals surface area contributed by atoms with Gasteiger partial charge in [-0.15, -0.1) is 0 Å². The molecule has 0 unspecified atom stereocenters. The largest absolute Gasteiger partial charge is 0.497 e. The summed E-state index contributed by atoms with van der Waals surface area (Å²) in [5, 5.41) is 0. The molecule has 0 aliphatic carbocycles. The first-order valence-corrected chi connectivity index (χ1v) is 7.83. The minimum atomic E-state index is -0.837. The van der Waals surface area contributed by atoms with Crippen molar-refractivity contribution in [2.75, 3.05) is 19.1 Å². The minimum Gasteiger partial charge on any atom is -0.497 e. The number of ketones is 1. The van der Waals surface area contributed by atoms with Crippen LogP contribution in [0.4, 0.5) is 10.1 Å². The molecule has 26 heavy (non-hydrogen) atoms. The number of methoxy groups -OCH3 is 2. The number of amides is 1. The van der Waals surface area contributed by atoms with Crippen LogP contribution in [0.25, 0.3) is 0 Å². The summed E-state index contributed by atoms with van der Waals surface area (Å²) in [5.74, 6) is -2.32. The molecule has 0 atom stereocenters. The number of fused-ring (bicyclic) bond motifs is 1. The normalized spacial score (nSPS) is 13.4. The van der Waals surface area contributed by atoms with Gasteiger partial charge in [-0.05, 0) is 35.4 Å². The second-order valence-corrected chi connectivity index (χ2v) is 5.79. The molecular weight excluding hydrogens is 341 g/mol. The fourth-order valence-corrected chi connectivity index (χ4v) is 2.85. The number of carbonyl (C=O) groups excluding carboxylic acids is 3. The Labute approximate surface area is 149 Å². The molecule has 1 heterocycles. The molecule has 0 aromatic heterocycles. The van der Waals surface area contributed by atoms with Crippen LogP contribution in [-0.4, -0.2) is 31.9 Å². The maximum absolute atomic E-state index is 14.3. The Hall–Kier alpha value is -3.22. The van der Waals surface area contributed by atoms with Crippen LogP contribution in [0.3, 0.4) is 0 Å². The first-order valence-electron chi connectivity index (χ1n) is 7.83. The van der Waals surface area contributed by atoms with Gasteiger partial charge in [-0.1, -0.05) is 12.1 Å². The molecule has 1 aliphatic heterocycles. The number of halogens is 1. The Bertz CT molecular complexity index is 892. The highest BCUT2D eigenvalue weighted by Crippen LogP contribution is 2.31. The van der Waals surface area contributed by atoms with Crippen LogP contribution < -0.4 is 9.64 Å². The molecule has 3 rings (SSSR count). The highest BCUT2D eigenvalue weighted by atomic mass is 19.1. The van der Waals surface area contributed by atoms with Crippen molar-refractivity contribution in [1.82, 2.24) is 0 Å². The highest BCUT2D eigenvalue weighted by Gasteiger charge is 2.33. The number of anilines is 1. The van der Waals surface area contributed by atoms with Crippen LogP contribution >= 0.6 is 0 Å². The number of rotatable bonds is 4. The highest BCUT2D eigenvalue weighted by molar-refractivity contribution is 6.43. The van der Waals surface area contributed by atoms with Gasteiger partial charge < -0.3 is 14.4 Å². The number of hydrogen-bond donors (Lipinski definition) is 0. The van der Waals surface area contributed by atoms with Crippen molar-refractivity contribution in [1.29, 1.82) is 0 Å². The van der Waals surface area contributed by atoms with Crippen molar-refractivity contribution in [3.63, 3.8) is 0 Å². The van der Waals surface area contributed by atoms with Gasteiger partial charge in [0.2, 0.25) is 5.78 Å². The second-order valence-electron chi connectivity index (χ2n) is 5.79. The third-order valence-corrected chi connectivity index (χ3v) is 4.20.